The van der Waals surface area contributed by atoms with E-state index in [-0.39, 0.29) is 22.8 Å². The van der Waals surface area contributed by atoms with E-state index in [1.165, 1.54) is 0 Å². The van der Waals surface area contributed by atoms with Gasteiger partial charge in [-0.25, -0.2) is 0 Å². The van der Waals surface area contributed by atoms with E-state index in [1.807, 2.05) is 0 Å². The van der Waals surface area contributed by atoms with Gasteiger partial charge in [0.1, 0.15) is 6.54 Å². The molecular formula is C19H14Br2Cl2F3N5O. The number of hydrogen-bond acceptors (Lipinski definition) is 3. The van der Waals surface area contributed by atoms with Crippen LogP contribution in [0.5, 0.6) is 0 Å². The summed E-state index contributed by atoms with van der Waals surface area (Å²) in [5.41, 5.74) is 0.207. The minimum atomic E-state index is -4.61. The number of carbonyl (C=O) groups excluding carboxylic acids is 1. The molecule has 1 aliphatic rings. The predicted molar refractivity (Wildman–Crippen MR) is 121 cm³/mol. The van der Waals surface area contributed by atoms with E-state index in [0.29, 0.717) is 26.8 Å². The van der Waals surface area contributed by atoms with Gasteiger partial charge in [0.05, 0.1) is 31.2 Å². The maximum atomic E-state index is 13.3. The zero-order chi connectivity index (χ0) is 23.2. The summed E-state index contributed by atoms with van der Waals surface area (Å²) in [6, 6.07) is 5.19. The second kappa shape index (κ2) is 9.00. The Hall–Kier alpha value is -1.56. The first-order chi connectivity index (χ1) is 15.0. The third-order valence-corrected chi connectivity index (χ3v) is 6.86. The molecule has 3 aromatic rings. The largest absolute Gasteiger partial charge is 0.436 e. The second-order valence-corrected chi connectivity index (χ2v) is 9.76. The van der Waals surface area contributed by atoms with E-state index in [0.717, 1.165) is 23.1 Å². The summed E-state index contributed by atoms with van der Waals surface area (Å²) in [6.45, 7) is 0.00480. The molecule has 1 aromatic carbocycles. The summed E-state index contributed by atoms with van der Waals surface area (Å²) in [4.78, 5) is 12.6. The minimum absolute atomic E-state index is 0.0436. The van der Waals surface area contributed by atoms with Crippen molar-refractivity contribution >= 4 is 66.8 Å². The Labute approximate surface area is 207 Å². The van der Waals surface area contributed by atoms with Crippen molar-refractivity contribution in [1.82, 2.24) is 19.6 Å². The van der Waals surface area contributed by atoms with E-state index < -0.39 is 17.8 Å². The summed E-state index contributed by atoms with van der Waals surface area (Å²) in [5, 5.41) is 11.4. The molecule has 0 atom stereocenters. The lowest BCUT2D eigenvalue weighted by Gasteiger charge is -2.07. The molecule has 0 aliphatic heterocycles. The van der Waals surface area contributed by atoms with Gasteiger partial charge in [0.2, 0.25) is 5.91 Å². The maximum absolute atomic E-state index is 13.3. The third-order valence-electron chi connectivity index (χ3n) is 4.76. The lowest BCUT2D eigenvalue weighted by molar-refractivity contribution is -0.142. The van der Waals surface area contributed by atoms with Crippen LogP contribution >= 0.6 is 55.1 Å². The molecule has 0 bridgehead atoms. The first-order valence-electron chi connectivity index (χ1n) is 9.33. The number of benzene rings is 1. The van der Waals surface area contributed by atoms with Crippen molar-refractivity contribution < 1.29 is 18.0 Å². The van der Waals surface area contributed by atoms with Crippen LogP contribution in [-0.2, 0) is 24.1 Å². The molecule has 1 saturated carbocycles. The zero-order valence-corrected chi connectivity index (χ0v) is 20.7. The highest BCUT2D eigenvalue weighted by atomic mass is 79.9. The Morgan fingerprint density at radius 2 is 1.91 bits per heavy atom. The Morgan fingerprint density at radius 1 is 1.19 bits per heavy atom. The van der Waals surface area contributed by atoms with Crippen LogP contribution in [-0.4, -0.2) is 25.5 Å². The average molecular weight is 616 g/mol. The molecule has 0 unspecified atom stereocenters. The van der Waals surface area contributed by atoms with Gasteiger partial charge in [-0.05, 0) is 62.4 Å². The molecule has 1 fully saturated rings. The highest BCUT2D eigenvalue weighted by molar-refractivity contribution is 9.11. The topological polar surface area (TPSA) is 64.7 Å². The van der Waals surface area contributed by atoms with Crippen LogP contribution in [0, 0.1) is 0 Å². The standard InChI is InChI=1S/C19H14Br2Cl2F3N5O/c20-11-7-30(6-9-1-4-12(22)13(23)5-9)29-18(11)27-14(32)8-31-16(10-2-3-10)15(21)17(28-31)19(24,25)26/h1,4-5,7,10H,2-3,6,8H2,(H,27,29,32). The Morgan fingerprint density at radius 3 is 2.53 bits per heavy atom. The molecule has 4 rings (SSSR count). The monoisotopic (exact) mass is 613 g/mol. The smallest absolute Gasteiger partial charge is 0.307 e. The quantitative estimate of drug-likeness (QED) is 0.345. The van der Waals surface area contributed by atoms with Crippen molar-refractivity contribution in [2.45, 2.75) is 38.0 Å². The van der Waals surface area contributed by atoms with Gasteiger partial charge in [-0.3, -0.25) is 14.2 Å². The molecule has 0 spiro atoms. The molecule has 1 N–H and O–H groups in total. The fraction of sp³-hybridized carbons (Fsp3) is 0.316. The van der Waals surface area contributed by atoms with Crippen LogP contribution in [0.1, 0.15) is 35.7 Å². The van der Waals surface area contributed by atoms with Crippen molar-refractivity contribution in [2.75, 3.05) is 5.32 Å². The van der Waals surface area contributed by atoms with E-state index in [4.69, 9.17) is 23.2 Å². The molecule has 0 radical (unpaired) electrons. The van der Waals surface area contributed by atoms with Crippen LogP contribution < -0.4 is 5.32 Å². The van der Waals surface area contributed by atoms with Gasteiger partial charge >= 0.3 is 6.18 Å². The first-order valence-corrected chi connectivity index (χ1v) is 11.7. The number of hydrogen-bond donors (Lipinski definition) is 1. The number of halogens is 7. The highest BCUT2D eigenvalue weighted by Crippen LogP contribution is 2.47. The fourth-order valence-corrected chi connectivity index (χ4v) is 4.76. The van der Waals surface area contributed by atoms with Crippen LogP contribution in [0.2, 0.25) is 10.0 Å². The van der Waals surface area contributed by atoms with Crippen LogP contribution in [0.25, 0.3) is 0 Å². The number of rotatable bonds is 6. The van der Waals surface area contributed by atoms with E-state index in [1.54, 1.807) is 29.1 Å². The summed E-state index contributed by atoms with van der Waals surface area (Å²) in [6.07, 6.45) is -1.43. The van der Waals surface area contributed by atoms with Crippen molar-refractivity contribution in [3.63, 3.8) is 0 Å². The van der Waals surface area contributed by atoms with Crippen molar-refractivity contribution in [3.8, 4) is 0 Å². The summed E-state index contributed by atoms with van der Waals surface area (Å²) < 4.78 is 42.9. The molecular weight excluding hydrogens is 602 g/mol. The van der Waals surface area contributed by atoms with Crippen molar-refractivity contribution in [2.24, 2.45) is 0 Å². The SMILES string of the molecule is O=C(Cn1nc(C(F)(F)F)c(Br)c1C1CC1)Nc1nn(Cc2ccc(Cl)c(Cl)c2)cc1Br. The van der Waals surface area contributed by atoms with Crippen LogP contribution in [0.15, 0.2) is 33.3 Å². The normalized spacial score (nSPS) is 14.1. The highest BCUT2D eigenvalue weighted by Gasteiger charge is 2.42. The third kappa shape index (κ3) is 5.16. The Balaban J connectivity index is 1.49. The Bertz CT molecular complexity index is 1190. The van der Waals surface area contributed by atoms with Gasteiger partial charge in [-0.1, -0.05) is 29.3 Å². The number of anilines is 1. The van der Waals surface area contributed by atoms with E-state index >= 15 is 0 Å². The molecule has 1 amide bonds. The molecule has 32 heavy (non-hydrogen) atoms. The molecule has 2 heterocycles. The fourth-order valence-electron chi connectivity index (χ4n) is 3.20. The Kier molecular flexibility index (Phi) is 6.63. The number of aromatic nitrogens is 4. The summed E-state index contributed by atoms with van der Waals surface area (Å²) in [5.74, 6) is -0.348. The number of carbonyl (C=O) groups is 1. The zero-order valence-electron chi connectivity index (χ0n) is 16.1. The molecule has 2 aromatic heterocycles. The molecule has 1 aliphatic carbocycles. The predicted octanol–water partition coefficient (Wildman–Crippen LogP) is 6.49. The number of nitrogens with zero attached hydrogens (tertiary/aromatic N) is 4. The summed E-state index contributed by atoms with van der Waals surface area (Å²) in [7, 11) is 0. The van der Waals surface area contributed by atoms with Gasteiger partial charge in [-0.2, -0.15) is 23.4 Å². The average Bonchev–Trinajstić information content (AvgIpc) is 3.38. The van der Waals surface area contributed by atoms with Gasteiger partial charge in [0, 0.05) is 12.1 Å². The van der Waals surface area contributed by atoms with Crippen molar-refractivity contribution in [3.05, 3.63) is 60.3 Å². The van der Waals surface area contributed by atoms with Crippen molar-refractivity contribution in [1.29, 1.82) is 0 Å². The van der Waals surface area contributed by atoms with Crippen LogP contribution in [0.3, 0.4) is 0 Å². The van der Waals surface area contributed by atoms with Gasteiger partial charge in [0.15, 0.2) is 11.5 Å². The van der Waals surface area contributed by atoms with Crippen LogP contribution in [0.4, 0.5) is 19.0 Å². The lowest BCUT2D eigenvalue weighted by Crippen LogP contribution is -2.22. The molecule has 0 saturated heterocycles. The van der Waals surface area contributed by atoms with E-state index in [2.05, 4.69) is 47.4 Å². The van der Waals surface area contributed by atoms with Gasteiger partial charge in [0.25, 0.3) is 0 Å². The minimum Gasteiger partial charge on any atom is -0.307 e. The maximum Gasteiger partial charge on any atom is 0.436 e. The van der Waals surface area contributed by atoms with Gasteiger partial charge < -0.3 is 5.32 Å². The summed E-state index contributed by atoms with van der Waals surface area (Å²) >= 11 is 18.3. The lowest BCUT2D eigenvalue weighted by atomic mass is 10.2. The second-order valence-electron chi connectivity index (χ2n) is 7.30. The molecule has 170 valence electrons. The molecule has 6 nitrogen and oxygen atoms in total. The first kappa shape index (κ1) is 23.6. The number of nitrogens with one attached hydrogen (secondary N) is 1. The van der Waals surface area contributed by atoms with Gasteiger partial charge in [-0.15, -0.1) is 0 Å². The number of amides is 1. The number of alkyl halides is 3. The molecule has 13 heteroatoms. The van der Waals surface area contributed by atoms with E-state index in [9.17, 15) is 18.0 Å².